The SMILES string of the molecule is C[Si](C)(C)C(c1cc(-c2cccc(-c3cc(C([Si](C)(C)C)[Si](C)(C)C)cc(C([Si](C)(C)C)[Si](C)(C)C)c3)c2Br)cc(C([Si](C)(C)C)[Si](C)(C)C)c1)[Si](C)(C)C. The molecular formula is C46H85BrSi8. The molecule has 0 aliphatic carbocycles. The molecule has 55 heavy (non-hydrogen) atoms. The summed E-state index contributed by atoms with van der Waals surface area (Å²) in [6.07, 6.45) is 0. The van der Waals surface area contributed by atoms with Gasteiger partial charge < -0.3 is 0 Å². The van der Waals surface area contributed by atoms with Crippen molar-refractivity contribution in [3.05, 3.63) is 81.3 Å². The van der Waals surface area contributed by atoms with Crippen LogP contribution in [-0.2, 0) is 0 Å². The van der Waals surface area contributed by atoms with Crippen molar-refractivity contribution in [3.63, 3.8) is 0 Å². The Morgan fingerprint density at radius 1 is 0.309 bits per heavy atom. The zero-order valence-corrected chi connectivity index (χ0v) is 50.0. The Kier molecular flexibility index (Phi) is 14.7. The second kappa shape index (κ2) is 16.4. The first kappa shape index (κ1) is 49.2. The lowest BCUT2D eigenvalue weighted by Gasteiger charge is -2.42. The molecular weight excluding hydrogens is 857 g/mol. The third-order valence-corrected chi connectivity index (χ3v) is 50.0. The van der Waals surface area contributed by atoms with Crippen LogP contribution in [0.1, 0.15) is 42.9 Å². The molecule has 9 heteroatoms. The molecule has 3 aromatic carbocycles. The zero-order valence-electron chi connectivity index (χ0n) is 40.4. The van der Waals surface area contributed by atoms with Crippen LogP contribution >= 0.6 is 15.9 Å². The Morgan fingerprint density at radius 3 is 0.655 bits per heavy atom. The minimum atomic E-state index is -1.52. The van der Waals surface area contributed by atoms with Gasteiger partial charge in [-0.1, -0.05) is 212 Å². The standard InChI is InChI=1S/C46H85BrSi8/c1-48(2,3)43(49(4,5)6)36-28-34(29-37(32-36)44(50(7,8)9)51(10,11)12)40-26-25-27-41(42(40)47)35-30-38(45(52(13,14)15)53(16,17)18)33-39(31-35)46(54(19,20)21)55(22,23)24/h25-33,43-46H,1-24H3. The van der Waals surface area contributed by atoms with Gasteiger partial charge in [-0.2, -0.15) is 0 Å². The van der Waals surface area contributed by atoms with Crippen molar-refractivity contribution in [3.8, 4) is 22.3 Å². The van der Waals surface area contributed by atoms with Gasteiger partial charge in [0.1, 0.15) is 0 Å². The molecule has 0 aromatic heterocycles. The molecule has 0 bridgehead atoms. The highest BCUT2D eigenvalue weighted by atomic mass is 79.9. The smallest absolute Gasteiger partial charge is 0.0493 e. The molecule has 0 saturated carbocycles. The molecule has 0 aliphatic heterocycles. The quantitative estimate of drug-likeness (QED) is 0.141. The third-order valence-electron chi connectivity index (χ3n) is 11.8. The van der Waals surface area contributed by atoms with Crippen LogP contribution in [0.4, 0.5) is 0 Å². The molecule has 0 unspecified atom stereocenters. The number of halogens is 1. The van der Waals surface area contributed by atoms with Crippen LogP contribution in [0.3, 0.4) is 0 Å². The van der Waals surface area contributed by atoms with Crippen molar-refractivity contribution in [2.75, 3.05) is 0 Å². The average Bonchev–Trinajstić information content (AvgIpc) is 2.86. The maximum Gasteiger partial charge on any atom is 0.0493 e. The van der Waals surface area contributed by atoms with Gasteiger partial charge in [0.25, 0.3) is 0 Å². The maximum atomic E-state index is 4.39. The minimum absolute atomic E-state index is 0.698. The molecule has 0 radical (unpaired) electrons. The summed E-state index contributed by atoms with van der Waals surface area (Å²) in [4.78, 5) is 0. The molecule has 0 spiro atoms. The topological polar surface area (TPSA) is 0 Å². The van der Waals surface area contributed by atoms with E-state index in [0.29, 0.717) is 20.7 Å². The second-order valence-electron chi connectivity index (χ2n) is 26.1. The van der Waals surface area contributed by atoms with E-state index in [9.17, 15) is 0 Å². The van der Waals surface area contributed by atoms with E-state index in [0.717, 1.165) is 0 Å². The Bertz CT molecular complexity index is 1520. The summed E-state index contributed by atoms with van der Waals surface area (Å²) in [5, 5.41) is 2.79. The molecule has 0 heterocycles. The number of benzene rings is 3. The Hall–Kier alpha value is -0.125. The lowest BCUT2D eigenvalue weighted by molar-refractivity contribution is 1.13. The molecule has 0 nitrogen and oxygen atoms in total. The van der Waals surface area contributed by atoms with Crippen molar-refractivity contribution in [2.45, 2.75) is 178 Å². The Balaban J connectivity index is 2.56. The predicted octanol–water partition coefficient (Wildman–Crippen LogP) is 17.1. The lowest BCUT2D eigenvalue weighted by atomic mass is 9.95. The van der Waals surface area contributed by atoms with E-state index in [-0.39, 0.29) is 0 Å². The van der Waals surface area contributed by atoms with Crippen molar-refractivity contribution >= 4 is 80.5 Å². The van der Waals surface area contributed by atoms with E-state index < -0.39 is 64.6 Å². The van der Waals surface area contributed by atoms with Gasteiger partial charge in [-0.05, 0) is 81.1 Å². The maximum absolute atomic E-state index is 4.39. The van der Waals surface area contributed by atoms with Gasteiger partial charge >= 0.3 is 0 Å². The fraction of sp³-hybridized carbons (Fsp3) is 0.609. The summed E-state index contributed by atoms with van der Waals surface area (Å²) in [7, 11) is -12.2. The Labute approximate surface area is 359 Å². The molecule has 0 atom stereocenters. The van der Waals surface area contributed by atoms with Gasteiger partial charge in [-0.25, -0.2) is 0 Å². The van der Waals surface area contributed by atoms with Crippen LogP contribution in [0, 0.1) is 0 Å². The van der Waals surface area contributed by atoms with Crippen molar-refractivity contribution in [2.24, 2.45) is 0 Å². The normalized spacial score (nSPS) is 14.6. The molecule has 0 aliphatic rings. The summed E-state index contributed by atoms with van der Waals surface area (Å²) in [6, 6.07) is 23.3. The molecule has 0 amide bonds. The van der Waals surface area contributed by atoms with Crippen LogP contribution in [0.25, 0.3) is 22.3 Å². The molecule has 0 fully saturated rings. The first-order valence-electron chi connectivity index (χ1n) is 21.4. The highest BCUT2D eigenvalue weighted by Gasteiger charge is 2.44. The van der Waals surface area contributed by atoms with Crippen LogP contribution in [-0.4, -0.2) is 64.6 Å². The van der Waals surface area contributed by atoms with Gasteiger partial charge in [-0.3, -0.25) is 0 Å². The summed E-state index contributed by atoms with van der Waals surface area (Å²) < 4.78 is 1.27. The number of hydrogen-bond acceptors (Lipinski definition) is 0. The fourth-order valence-electron chi connectivity index (χ4n) is 12.5. The predicted molar refractivity (Wildman–Crippen MR) is 283 cm³/mol. The van der Waals surface area contributed by atoms with E-state index in [4.69, 9.17) is 0 Å². The second-order valence-corrected chi connectivity index (χ2v) is 71.7. The monoisotopic (exact) mass is 940 g/mol. The summed E-state index contributed by atoms with van der Waals surface area (Å²) in [5.41, 5.74) is 12.1. The highest BCUT2D eigenvalue weighted by molar-refractivity contribution is 9.10. The van der Waals surface area contributed by atoms with E-state index >= 15 is 0 Å². The Morgan fingerprint density at radius 2 is 0.491 bits per heavy atom. The number of rotatable bonds is 14. The summed E-state index contributed by atoms with van der Waals surface area (Å²) >= 11 is 4.39. The van der Waals surface area contributed by atoms with Crippen LogP contribution < -0.4 is 0 Å². The van der Waals surface area contributed by atoms with Crippen LogP contribution in [0.15, 0.2) is 59.1 Å². The van der Waals surface area contributed by atoms with Crippen LogP contribution in [0.5, 0.6) is 0 Å². The number of hydrogen-bond donors (Lipinski definition) is 0. The summed E-state index contributed by atoms with van der Waals surface area (Å²) in [6.45, 7) is 63.0. The minimum Gasteiger partial charge on any atom is -0.0693 e. The first-order chi connectivity index (χ1) is 24.3. The van der Waals surface area contributed by atoms with E-state index in [1.165, 1.54) is 26.7 Å². The van der Waals surface area contributed by atoms with E-state index in [1.54, 1.807) is 22.3 Å². The van der Waals surface area contributed by atoms with E-state index in [1.807, 2.05) is 0 Å². The zero-order chi connectivity index (χ0) is 42.9. The van der Waals surface area contributed by atoms with Gasteiger partial charge in [0.2, 0.25) is 0 Å². The molecule has 0 saturated heterocycles. The fourth-order valence-corrected chi connectivity index (χ4v) is 64.1. The van der Waals surface area contributed by atoms with Crippen molar-refractivity contribution in [1.82, 2.24) is 0 Å². The van der Waals surface area contributed by atoms with Gasteiger partial charge in [-0.15, -0.1) is 0 Å². The molecule has 0 N–H and O–H groups in total. The van der Waals surface area contributed by atoms with Crippen molar-refractivity contribution in [1.29, 1.82) is 0 Å². The molecule has 3 aromatic rings. The van der Waals surface area contributed by atoms with Crippen LogP contribution in [0.2, 0.25) is 157 Å². The molecule has 3 rings (SSSR count). The van der Waals surface area contributed by atoms with E-state index in [2.05, 4.69) is 228 Å². The van der Waals surface area contributed by atoms with Gasteiger partial charge in [0.05, 0.1) is 0 Å². The van der Waals surface area contributed by atoms with Gasteiger partial charge in [0, 0.05) is 69.1 Å². The average molecular weight is 943 g/mol. The largest absolute Gasteiger partial charge is 0.0693 e. The van der Waals surface area contributed by atoms with Crippen molar-refractivity contribution < 1.29 is 0 Å². The third kappa shape index (κ3) is 12.0. The molecule has 308 valence electrons. The highest BCUT2D eigenvalue weighted by Crippen LogP contribution is 2.47. The first-order valence-corrected chi connectivity index (χ1v) is 50.8. The van der Waals surface area contributed by atoms with Gasteiger partial charge in [0.15, 0.2) is 0 Å². The lowest BCUT2D eigenvalue weighted by Crippen LogP contribution is -2.48. The summed E-state index contributed by atoms with van der Waals surface area (Å²) in [5.74, 6) is 0.